The van der Waals surface area contributed by atoms with Gasteiger partial charge in [-0.3, -0.25) is 0 Å². The van der Waals surface area contributed by atoms with Crippen LogP contribution in [0.5, 0.6) is 0 Å². The first-order valence-corrected chi connectivity index (χ1v) is 8.40. The fourth-order valence-electron chi connectivity index (χ4n) is 6.44. The van der Waals surface area contributed by atoms with Gasteiger partial charge in [0.25, 0.3) is 0 Å². The van der Waals surface area contributed by atoms with Crippen LogP contribution in [0.2, 0.25) is 0 Å². The molecule has 6 aliphatic rings. The summed E-state index contributed by atoms with van der Waals surface area (Å²) < 4.78 is 1.08. The van der Waals surface area contributed by atoms with E-state index in [0.29, 0.717) is 5.54 Å². The van der Waals surface area contributed by atoms with Gasteiger partial charge in [-0.15, -0.1) is 5.11 Å². The second-order valence-electron chi connectivity index (χ2n) is 7.94. The number of azo groups is 1. The molecule has 3 nitrogen and oxygen atoms in total. The van der Waals surface area contributed by atoms with Gasteiger partial charge in [-0.05, 0) is 49.5 Å². The van der Waals surface area contributed by atoms with Crippen LogP contribution in [-0.2, 0) is 0 Å². The van der Waals surface area contributed by atoms with E-state index in [4.69, 9.17) is 0 Å². The summed E-state index contributed by atoms with van der Waals surface area (Å²) in [6.07, 6.45) is 17.0. The zero-order chi connectivity index (χ0) is 13.2. The van der Waals surface area contributed by atoms with Gasteiger partial charge >= 0.3 is 0 Å². The molecule has 1 atom stereocenters. The predicted molar refractivity (Wildman–Crippen MR) is 77.6 cm³/mol. The summed E-state index contributed by atoms with van der Waals surface area (Å²) >= 11 is 0. The lowest BCUT2D eigenvalue weighted by Crippen LogP contribution is -2.68. The maximum atomic E-state index is 4.57. The third kappa shape index (κ3) is 1.35. The molecule has 0 amide bonds. The molecule has 4 bridgehead atoms. The largest absolute Gasteiger partial charge is 0.246 e. The van der Waals surface area contributed by atoms with Gasteiger partial charge in [-0.25, -0.2) is 4.48 Å². The Bertz CT molecular complexity index is 495. The Morgan fingerprint density at radius 2 is 1.70 bits per heavy atom. The lowest BCUT2D eigenvalue weighted by molar-refractivity contribution is -0.937. The van der Waals surface area contributed by atoms with Crippen molar-refractivity contribution in [2.24, 2.45) is 28.0 Å². The minimum Gasteiger partial charge on any atom is -0.246 e. The Kier molecular flexibility index (Phi) is 2.23. The van der Waals surface area contributed by atoms with E-state index in [-0.39, 0.29) is 0 Å². The molecule has 1 unspecified atom stereocenters. The summed E-state index contributed by atoms with van der Waals surface area (Å²) in [7, 11) is 0. The Morgan fingerprint density at radius 1 is 1.00 bits per heavy atom. The van der Waals surface area contributed by atoms with E-state index in [0.717, 1.165) is 41.9 Å². The van der Waals surface area contributed by atoms with Gasteiger partial charge in [0.2, 0.25) is 5.82 Å². The maximum Gasteiger partial charge on any atom is 0.245 e. The second-order valence-corrected chi connectivity index (χ2v) is 7.94. The predicted octanol–water partition coefficient (Wildman–Crippen LogP) is 4.00. The molecule has 0 aromatic rings. The highest BCUT2D eigenvalue weighted by Crippen LogP contribution is 2.61. The van der Waals surface area contributed by atoms with E-state index in [9.17, 15) is 0 Å². The van der Waals surface area contributed by atoms with Gasteiger partial charge in [0.15, 0.2) is 6.67 Å². The van der Waals surface area contributed by atoms with Gasteiger partial charge in [0.1, 0.15) is 12.1 Å². The molecule has 3 heteroatoms. The first-order chi connectivity index (χ1) is 9.80. The van der Waals surface area contributed by atoms with E-state index < -0.39 is 0 Å². The van der Waals surface area contributed by atoms with Crippen molar-refractivity contribution in [3.8, 4) is 0 Å². The first-order valence-electron chi connectivity index (χ1n) is 8.40. The molecule has 4 aliphatic carbocycles. The average molecular weight is 270 g/mol. The molecule has 0 saturated heterocycles. The van der Waals surface area contributed by atoms with E-state index in [2.05, 4.69) is 28.5 Å². The minimum absolute atomic E-state index is 0.471. The van der Waals surface area contributed by atoms with Crippen molar-refractivity contribution in [2.75, 3.05) is 13.2 Å². The first kappa shape index (κ1) is 11.7. The van der Waals surface area contributed by atoms with Gasteiger partial charge in [-0.2, -0.15) is 0 Å². The smallest absolute Gasteiger partial charge is 0.245 e. The van der Waals surface area contributed by atoms with Crippen molar-refractivity contribution in [2.45, 2.75) is 50.5 Å². The zero-order valence-corrected chi connectivity index (χ0v) is 12.2. The van der Waals surface area contributed by atoms with E-state index in [1.807, 2.05) is 0 Å². The van der Waals surface area contributed by atoms with Crippen LogP contribution in [0.1, 0.15) is 44.9 Å². The van der Waals surface area contributed by atoms with Crippen molar-refractivity contribution in [1.29, 1.82) is 0 Å². The number of quaternary nitrogens is 1. The van der Waals surface area contributed by atoms with Crippen molar-refractivity contribution in [1.82, 2.24) is 0 Å². The SMILES string of the molecule is C1=CC[N+]2(C34CC5CC(CC(C5)C3)C4)CN=NC2=CC1. The molecule has 2 heterocycles. The fourth-order valence-corrected chi connectivity index (χ4v) is 6.44. The Morgan fingerprint density at radius 3 is 2.40 bits per heavy atom. The summed E-state index contributed by atoms with van der Waals surface area (Å²) in [5.41, 5.74) is 0.471. The normalized spacial score (nSPS) is 52.0. The molecule has 0 N–H and O–H groups in total. The van der Waals surface area contributed by atoms with Crippen LogP contribution in [-0.4, -0.2) is 23.2 Å². The summed E-state index contributed by atoms with van der Waals surface area (Å²) in [6.45, 7) is 2.04. The molecule has 6 rings (SSSR count). The van der Waals surface area contributed by atoms with Crippen LogP contribution in [0, 0.1) is 17.8 Å². The fraction of sp³-hybridized carbons (Fsp3) is 0.765. The van der Waals surface area contributed by atoms with Gasteiger partial charge in [0.05, 0.1) is 0 Å². The van der Waals surface area contributed by atoms with Crippen molar-refractivity contribution >= 4 is 0 Å². The van der Waals surface area contributed by atoms with E-state index in [1.54, 1.807) is 0 Å². The van der Waals surface area contributed by atoms with Crippen molar-refractivity contribution < 1.29 is 4.48 Å². The standard InChI is InChI=1S/C17H24N3/c1-2-4-16-19-18-12-20(16,5-3-1)17-9-13-6-14(10-17)8-15(7-13)11-17/h1,3-4,13-15H,2,5-12H2/q+1. The average Bonchev–Trinajstić information content (AvgIpc) is 2.71. The van der Waals surface area contributed by atoms with Crippen LogP contribution in [0.15, 0.2) is 34.3 Å². The topological polar surface area (TPSA) is 24.7 Å². The highest BCUT2D eigenvalue weighted by Gasteiger charge is 2.63. The van der Waals surface area contributed by atoms with Gasteiger partial charge in [0, 0.05) is 25.3 Å². The Hall–Kier alpha value is -0.960. The van der Waals surface area contributed by atoms with Crippen molar-refractivity contribution in [3.63, 3.8) is 0 Å². The highest BCUT2D eigenvalue weighted by molar-refractivity contribution is 5.11. The summed E-state index contributed by atoms with van der Waals surface area (Å²) in [4.78, 5) is 0. The van der Waals surface area contributed by atoms with Gasteiger partial charge in [-0.1, -0.05) is 11.2 Å². The molecule has 0 aromatic carbocycles. The summed E-state index contributed by atoms with van der Waals surface area (Å²) in [5, 5.41) is 9.06. The Labute approximate surface area is 121 Å². The highest BCUT2D eigenvalue weighted by atomic mass is 15.6. The number of nitrogens with zero attached hydrogens (tertiary/aromatic N) is 3. The maximum absolute atomic E-state index is 4.57. The third-order valence-electron chi connectivity index (χ3n) is 6.85. The molecular weight excluding hydrogens is 246 g/mol. The quantitative estimate of drug-likeness (QED) is 0.508. The lowest BCUT2D eigenvalue weighted by atomic mass is 9.52. The van der Waals surface area contributed by atoms with Crippen LogP contribution in [0.4, 0.5) is 0 Å². The molecule has 106 valence electrons. The van der Waals surface area contributed by atoms with E-state index >= 15 is 0 Å². The molecule has 0 aromatic heterocycles. The number of fused-ring (bicyclic) bond motifs is 1. The molecule has 4 fully saturated rings. The monoisotopic (exact) mass is 270 g/mol. The summed E-state index contributed by atoms with van der Waals surface area (Å²) in [6, 6.07) is 0. The number of hydrogen-bond acceptors (Lipinski definition) is 2. The summed E-state index contributed by atoms with van der Waals surface area (Å²) in [5.74, 6) is 4.30. The Balaban J connectivity index is 1.62. The molecule has 2 aliphatic heterocycles. The van der Waals surface area contributed by atoms with Crippen LogP contribution >= 0.6 is 0 Å². The van der Waals surface area contributed by atoms with E-state index in [1.165, 1.54) is 44.3 Å². The lowest BCUT2D eigenvalue weighted by Gasteiger charge is -2.61. The zero-order valence-electron chi connectivity index (χ0n) is 12.2. The van der Waals surface area contributed by atoms with Crippen LogP contribution < -0.4 is 0 Å². The number of hydrogen-bond donors (Lipinski definition) is 0. The molecular formula is C17H24N3+. The number of rotatable bonds is 1. The second kappa shape index (κ2) is 3.82. The van der Waals surface area contributed by atoms with Crippen molar-refractivity contribution in [3.05, 3.63) is 24.0 Å². The van der Waals surface area contributed by atoms with Crippen LogP contribution in [0.25, 0.3) is 0 Å². The minimum atomic E-state index is 0.471. The third-order valence-corrected chi connectivity index (χ3v) is 6.85. The van der Waals surface area contributed by atoms with Gasteiger partial charge < -0.3 is 0 Å². The molecule has 4 saturated carbocycles. The molecule has 0 spiro atoms. The van der Waals surface area contributed by atoms with Crippen LogP contribution in [0.3, 0.4) is 0 Å². The number of allylic oxidation sites excluding steroid dienone is 2. The molecule has 0 radical (unpaired) electrons. The molecule has 20 heavy (non-hydrogen) atoms.